The summed E-state index contributed by atoms with van der Waals surface area (Å²) in [6, 6.07) is 2.23. The molecule has 0 spiro atoms. The summed E-state index contributed by atoms with van der Waals surface area (Å²) in [7, 11) is 0. The molecule has 3 nitrogen and oxygen atoms in total. The Labute approximate surface area is 115 Å². The van der Waals surface area contributed by atoms with Gasteiger partial charge >= 0.3 is 24.2 Å². The van der Waals surface area contributed by atoms with Crippen molar-refractivity contribution in [3.63, 3.8) is 0 Å². The zero-order chi connectivity index (χ0) is 16.4. The number of ether oxygens (including phenoxy) is 1. The summed E-state index contributed by atoms with van der Waals surface area (Å²) in [5.41, 5.74) is -1.68. The molecule has 0 amide bonds. The van der Waals surface area contributed by atoms with E-state index in [0.717, 1.165) is 6.92 Å². The molecule has 0 heterocycles. The predicted octanol–water partition coefficient (Wildman–Crippen LogP) is 3.17. The molecule has 0 bridgehead atoms. The minimum atomic E-state index is -5.55. The summed E-state index contributed by atoms with van der Waals surface area (Å²) in [5.74, 6) is -11.7. The predicted molar refractivity (Wildman–Crippen MR) is 58.4 cm³/mol. The Morgan fingerprint density at radius 2 is 1.62 bits per heavy atom. The molecule has 1 atom stereocenters. The molecule has 1 aromatic carbocycles. The summed E-state index contributed by atoms with van der Waals surface area (Å²) in [6.45, 7) is 1.11. The molecular weight excluding hydrogens is 306 g/mol. The van der Waals surface area contributed by atoms with Gasteiger partial charge in [-0.25, -0.2) is 13.6 Å². The highest BCUT2D eigenvalue weighted by Gasteiger charge is 2.63. The molecule has 0 fully saturated rings. The van der Waals surface area contributed by atoms with Crippen LogP contribution in [0.3, 0.4) is 0 Å². The number of aliphatic hydroxyl groups is 1. The van der Waals surface area contributed by atoms with Crippen molar-refractivity contribution in [3.8, 4) is 0 Å². The van der Waals surface area contributed by atoms with Crippen molar-refractivity contribution < 1.29 is 41.0 Å². The molecule has 21 heavy (non-hydrogen) atoms. The van der Waals surface area contributed by atoms with Crippen LogP contribution in [0, 0.1) is 0 Å². The van der Waals surface area contributed by atoms with E-state index in [0.29, 0.717) is 24.3 Å². The van der Waals surface area contributed by atoms with Gasteiger partial charge in [0.15, 0.2) is 6.29 Å². The average Bonchev–Trinajstić information content (AvgIpc) is 2.37. The number of esters is 1. The number of benzene rings is 1. The van der Waals surface area contributed by atoms with E-state index in [1.165, 1.54) is 0 Å². The van der Waals surface area contributed by atoms with Gasteiger partial charge in [0.25, 0.3) is 0 Å². The lowest BCUT2D eigenvalue weighted by molar-refractivity contribution is -0.270. The molecule has 1 unspecified atom stereocenters. The molecule has 0 aliphatic rings. The van der Waals surface area contributed by atoms with E-state index < -0.39 is 36.1 Å². The Kier molecular flexibility index (Phi) is 4.87. The molecule has 9 heteroatoms. The number of halogens is 6. The highest BCUT2D eigenvalue weighted by atomic mass is 19.3. The topological polar surface area (TPSA) is 46.5 Å². The molecule has 0 saturated heterocycles. The van der Waals surface area contributed by atoms with Crippen LogP contribution in [0.1, 0.15) is 22.8 Å². The van der Waals surface area contributed by atoms with Gasteiger partial charge in [0.1, 0.15) is 0 Å². The fraction of sp³-hybridized carbons (Fsp3) is 0.417. The number of aliphatic hydroxyl groups excluding tert-OH is 1. The van der Waals surface area contributed by atoms with Crippen molar-refractivity contribution in [1.29, 1.82) is 0 Å². The van der Waals surface area contributed by atoms with E-state index in [2.05, 4.69) is 4.74 Å². The van der Waals surface area contributed by atoms with Crippen molar-refractivity contribution in [2.45, 2.75) is 31.5 Å². The lowest BCUT2D eigenvalue weighted by Gasteiger charge is -2.26. The van der Waals surface area contributed by atoms with Crippen LogP contribution in [-0.2, 0) is 10.7 Å². The van der Waals surface area contributed by atoms with E-state index in [9.17, 15) is 31.1 Å². The summed E-state index contributed by atoms with van der Waals surface area (Å²) in [6.07, 6.45) is -6.01. The van der Waals surface area contributed by atoms with Crippen LogP contribution in [-0.4, -0.2) is 29.7 Å². The summed E-state index contributed by atoms with van der Waals surface area (Å²) < 4.78 is 80.7. The molecule has 0 saturated carbocycles. The van der Waals surface area contributed by atoms with Crippen molar-refractivity contribution >= 4 is 5.97 Å². The van der Waals surface area contributed by atoms with Gasteiger partial charge in [-0.3, -0.25) is 0 Å². The van der Waals surface area contributed by atoms with E-state index in [4.69, 9.17) is 5.11 Å². The lowest BCUT2D eigenvalue weighted by Crippen LogP contribution is -2.44. The second-order valence-electron chi connectivity index (χ2n) is 4.08. The van der Waals surface area contributed by atoms with Crippen LogP contribution in [0.4, 0.5) is 26.3 Å². The highest BCUT2D eigenvalue weighted by molar-refractivity contribution is 5.89. The molecule has 0 radical (unpaired) electrons. The van der Waals surface area contributed by atoms with E-state index >= 15 is 0 Å². The van der Waals surface area contributed by atoms with E-state index in [-0.39, 0.29) is 5.56 Å². The van der Waals surface area contributed by atoms with Gasteiger partial charge < -0.3 is 9.84 Å². The third kappa shape index (κ3) is 3.46. The van der Waals surface area contributed by atoms with Gasteiger partial charge in [-0.15, -0.1) is 0 Å². The first-order valence-electron chi connectivity index (χ1n) is 5.53. The number of hydrogen-bond acceptors (Lipinski definition) is 3. The number of carbonyl (C=O) groups excluding carboxylic acids is 1. The van der Waals surface area contributed by atoms with Gasteiger partial charge in [0.2, 0.25) is 0 Å². The normalized spacial score (nSPS) is 14.1. The second-order valence-corrected chi connectivity index (χ2v) is 4.08. The van der Waals surface area contributed by atoms with Crippen LogP contribution in [0.15, 0.2) is 24.3 Å². The smallest absolute Gasteiger partial charge is 0.373 e. The maximum Gasteiger partial charge on any atom is 0.373 e. The molecule has 0 aliphatic heterocycles. The quantitative estimate of drug-likeness (QED) is 0.515. The zero-order valence-corrected chi connectivity index (χ0v) is 10.5. The molecule has 0 aliphatic carbocycles. The number of rotatable bonds is 5. The fourth-order valence-corrected chi connectivity index (χ4v) is 1.37. The number of carbonyl (C=O) groups is 1. The van der Waals surface area contributed by atoms with Gasteiger partial charge in [-0.1, -0.05) is 12.1 Å². The van der Waals surface area contributed by atoms with Crippen molar-refractivity contribution in [1.82, 2.24) is 0 Å². The summed E-state index contributed by atoms with van der Waals surface area (Å²) in [4.78, 5) is 11.3. The van der Waals surface area contributed by atoms with Gasteiger partial charge in [-0.05, 0) is 19.1 Å². The Bertz CT molecular complexity index is 498. The maximum absolute atomic E-state index is 13.3. The number of hydrogen-bond donors (Lipinski definition) is 1. The summed E-state index contributed by atoms with van der Waals surface area (Å²) >= 11 is 0. The molecule has 0 aromatic heterocycles. The Balaban J connectivity index is 3.04. The molecule has 1 rings (SSSR count). The van der Waals surface area contributed by atoms with Crippen LogP contribution in [0.5, 0.6) is 0 Å². The Morgan fingerprint density at radius 3 is 2.00 bits per heavy atom. The SMILES string of the molecule is CC(O)OC(=O)c1ccc(C(F)(F)C(F)(F)C(F)F)cc1. The number of alkyl halides is 6. The Hall–Kier alpha value is -1.77. The van der Waals surface area contributed by atoms with Crippen molar-refractivity contribution in [2.24, 2.45) is 0 Å². The third-order valence-corrected chi connectivity index (χ3v) is 2.45. The minimum Gasteiger partial charge on any atom is -0.433 e. The molecule has 1 aromatic rings. The molecule has 1 N–H and O–H groups in total. The Morgan fingerprint density at radius 1 is 1.14 bits per heavy atom. The van der Waals surface area contributed by atoms with Gasteiger partial charge in [-0.2, -0.15) is 17.6 Å². The van der Waals surface area contributed by atoms with Gasteiger partial charge in [0, 0.05) is 5.56 Å². The second kappa shape index (κ2) is 5.92. The van der Waals surface area contributed by atoms with Crippen LogP contribution < -0.4 is 0 Å². The maximum atomic E-state index is 13.3. The average molecular weight is 316 g/mol. The first kappa shape index (κ1) is 17.3. The molecule has 118 valence electrons. The van der Waals surface area contributed by atoms with Crippen LogP contribution >= 0.6 is 0 Å². The third-order valence-electron chi connectivity index (χ3n) is 2.45. The van der Waals surface area contributed by atoms with Crippen LogP contribution in [0.25, 0.3) is 0 Å². The van der Waals surface area contributed by atoms with E-state index in [1.807, 2.05) is 0 Å². The first-order valence-corrected chi connectivity index (χ1v) is 5.53. The van der Waals surface area contributed by atoms with Crippen molar-refractivity contribution in [3.05, 3.63) is 35.4 Å². The monoisotopic (exact) mass is 316 g/mol. The standard InChI is InChI=1S/C12H10F6O3/c1-6(19)21-9(20)7-2-4-8(5-3-7)11(15,16)12(17,18)10(13)14/h2-6,10,19H,1H3. The largest absolute Gasteiger partial charge is 0.433 e. The summed E-state index contributed by atoms with van der Waals surface area (Å²) in [5, 5.41) is 8.79. The fourth-order valence-electron chi connectivity index (χ4n) is 1.37. The van der Waals surface area contributed by atoms with E-state index in [1.54, 1.807) is 0 Å². The zero-order valence-electron chi connectivity index (χ0n) is 10.5. The highest BCUT2D eigenvalue weighted by Crippen LogP contribution is 2.46. The molecular formula is C12H10F6O3. The van der Waals surface area contributed by atoms with Crippen LogP contribution in [0.2, 0.25) is 0 Å². The minimum absolute atomic E-state index is 0.309. The van der Waals surface area contributed by atoms with Gasteiger partial charge in [0.05, 0.1) is 5.56 Å². The van der Waals surface area contributed by atoms with Crippen molar-refractivity contribution in [2.75, 3.05) is 0 Å². The lowest BCUT2D eigenvalue weighted by atomic mass is 10.0. The first-order chi connectivity index (χ1) is 9.50.